The second-order valence-corrected chi connectivity index (χ2v) is 7.02. The van der Waals surface area contributed by atoms with Gasteiger partial charge < -0.3 is 16.0 Å². The van der Waals surface area contributed by atoms with Crippen molar-refractivity contribution in [2.24, 2.45) is 13.0 Å². The maximum absolute atomic E-state index is 13.1. The van der Waals surface area contributed by atoms with Gasteiger partial charge in [-0.1, -0.05) is 13.3 Å². The van der Waals surface area contributed by atoms with Gasteiger partial charge in [0.2, 0.25) is 5.91 Å². The van der Waals surface area contributed by atoms with Gasteiger partial charge in [-0.2, -0.15) is 5.10 Å². The second-order valence-electron chi connectivity index (χ2n) is 7.02. The van der Waals surface area contributed by atoms with Gasteiger partial charge in [0.15, 0.2) is 0 Å². The maximum atomic E-state index is 13.1. The van der Waals surface area contributed by atoms with Crippen LogP contribution in [0.2, 0.25) is 0 Å². The highest BCUT2D eigenvalue weighted by molar-refractivity contribution is 6.10. The van der Waals surface area contributed by atoms with Crippen LogP contribution in [0.15, 0.2) is 12.4 Å². The molecule has 9 nitrogen and oxygen atoms in total. The number of rotatable bonds is 6. The molecule has 0 saturated carbocycles. The number of hydrogen-bond acceptors (Lipinski definition) is 5. The monoisotopic (exact) mass is 362 g/mol. The number of urea groups is 1. The van der Waals surface area contributed by atoms with Crippen molar-refractivity contribution in [3.8, 4) is 0 Å². The summed E-state index contributed by atoms with van der Waals surface area (Å²) in [5.41, 5.74) is -0.356. The molecular formula is C17H26N6O3. The van der Waals surface area contributed by atoms with E-state index < -0.39 is 17.5 Å². The summed E-state index contributed by atoms with van der Waals surface area (Å²) in [6, 6.07) is -0.483. The lowest BCUT2D eigenvalue weighted by molar-refractivity contribution is -0.136. The third-order valence-corrected chi connectivity index (χ3v) is 5.17. The average molecular weight is 362 g/mol. The van der Waals surface area contributed by atoms with Gasteiger partial charge in [0, 0.05) is 13.2 Å². The van der Waals surface area contributed by atoms with E-state index in [1.165, 1.54) is 6.20 Å². The molecule has 3 rings (SSSR count). The van der Waals surface area contributed by atoms with Crippen LogP contribution in [-0.4, -0.2) is 57.7 Å². The van der Waals surface area contributed by atoms with Gasteiger partial charge >= 0.3 is 6.03 Å². The van der Waals surface area contributed by atoms with Crippen LogP contribution >= 0.6 is 0 Å². The standard InChI is InChI=1S/C17H26N6O3/c1-3-6-17(12-4-7-18-8-5-12)15(25)23(16(26)21-17)11-14(24)20-13-9-19-22(2)10-13/h9-10,12,18H,3-8,11H2,1-2H3,(H,20,24)(H,21,26)/t17-/m0/s1. The third-order valence-electron chi connectivity index (χ3n) is 5.17. The van der Waals surface area contributed by atoms with Crippen molar-refractivity contribution < 1.29 is 14.4 Å². The third kappa shape index (κ3) is 3.44. The van der Waals surface area contributed by atoms with Crippen molar-refractivity contribution in [3.05, 3.63) is 12.4 Å². The lowest BCUT2D eigenvalue weighted by atomic mass is 9.75. The summed E-state index contributed by atoms with van der Waals surface area (Å²) in [5.74, 6) is -0.608. The molecule has 2 aliphatic heterocycles. The highest BCUT2D eigenvalue weighted by Gasteiger charge is 2.55. The van der Waals surface area contributed by atoms with E-state index in [2.05, 4.69) is 21.0 Å². The Balaban J connectivity index is 1.72. The largest absolute Gasteiger partial charge is 0.325 e. The number of anilines is 1. The number of aromatic nitrogens is 2. The van der Waals surface area contributed by atoms with Gasteiger partial charge in [0.25, 0.3) is 5.91 Å². The van der Waals surface area contributed by atoms with Crippen LogP contribution in [0.4, 0.5) is 10.5 Å². The van der Waals surface area contributed by atoms with Crippen LogP contribution < -0.4 is 16.0 Å². The van der Waals surface area contributed by atoms with Gasteiger partial charge in [0.1, 0.15) is 12.1 Å². The summed E-state index contributed by atoms with van der Waals surface area (Å²) in [7, 11) is 1.74. The quantitative estimate of drug-likeness (QED) is 0.637. The zero-order valence-corrected chi connectivity index (χ0v) is 15.2. The molecule has 2 saturated heterocycles. The molecule has 3 N–H and O–H groups in total. The van der Waals surface area contributed by atoms with Crippen molar-refractivity contribution >= 4 is 23.5 Å². The van der Waals surface area contributed by atoms with E-state index >= 15 is 0 Å². The van der Waals surface area contributed by atoms with Crippen molar-refractivity contribution in [1.29, 1.82) is 0 Å². The molecule has 26 heavy (non-hydrogen) atoms. The zero-order chi connectivity index (χ0) is 18.7. The Labute approximate surface area is 152 Å². The highest BCUT2D eigenvalue weighted by atomic mass is 16.2. The Kier molecular flexibility index (Phi) is 5.26. The predicted molar refractivity (Wildman–Crippen MR) is 95.3 cm³/mol. The fraction of sp³-hybridized carbons (Fsp3) is 0.647. The molecule has 9 heteroatoms. The van der Waals surface area contributed by atoms with Crippen LogP contribution in [-0.2, 0) is 16.6 Å². The van der Waals surface area contributed by atoms with Crippen molar-refractivity contribution in [1.82, 2.24) is 25.3 Å². The fourth-order valence-corrected chi connectivity index (χ4v) is 3.98. The molecule has 2 fully saturated rings. The second kappa shape index (κ2) is 7.45. The van der Waals surface area contributed by atoms with Crippen LogP contribution in [0.3, 0.4) is 0 Å². The minimum absolute atomic E-state index is 0.0894. The molecule has 2 aliphatic rings. The van der Waals surface area contributed by atoms with Gasteiger partial charge in [-0.15, -0.1) is 0 Å². The molecule has 0 spiro atoms. The first-order valence-corrected chi connectivity index (χ1v) is 9.09. The summed E-state index contributed by atoms with van der Waals surface area (Å²) < 4.78 is 1.56. The first-order valence-electron chi connectivity index (χ1n) is 9.09. The van der Waals surface area contributed by atoms with E-state index in [1.54, 1.807) is 17.9 Å². The van der Waals surface area contributed by atoms with Crippen LogP contribution in [0.1, 0.15) is 32.6 Å². The SMILES string of the molecule is CCC[C@@]1(C2CCNCC2)NC(=O)N(CC(=O)Nc2cnn(C)c2)C1=O. The summed E-state index contributed by atoms with van der Waals surface area (Å²) in [5, 5.41) is 12.9. The van der Waals surface area contributed by atoms with Crippen molar-refractivity contribution in [2.45, 2.75) is 38.1 Å². The number of piperidine rings is 1. The van der Waals surface area contributed by atoms with Crippen LogP contribution in [0, 0.1) is 5.92 Å². The molecule has 3 heterocycles. The number of hydrogen-bond donors (Lipinski definition) is 3. The molecule has 4 amide bonds. The first kappa shape index (κ1) is 18.4. The topological polar surface area (TPSA) is 108 Å². The average Bonchev–Trinajstić information content (AvgIpc) is 3.13. The fourth-order valence-electron chi connectivity index (χ4n) is 3.98. The molecule has 0 unspecified atom stereocenters. The lowest BCUT2D eigenvalue weighted by Gasteiger charge is -2.37. The number of amides is 4. The lowest BCUT2D eigenvalue weighted by Crippen LogP contribution is -2.55. The molecule has 1 aromatic heterocycles. The van der Waals surface area contributed by atoms with E-state index in [9.17, 15) is 14.4 Å². The molecule has 0 radical (unpaired) electrons. The zero-order valence-electron chi connectivity index (χ0n) is 15.2. The molecule has 0 aromatic carbocycles. The van der Waals surface area contributed by atoms with Crippen molar-refractivity contribution in [3.63, 3.8) is 0 Å². The summed E-state index contributed by atoms with van der Waals surface area (Å²) in [4.78, 5) is 39.0. The number of nitrogens with one attached hydrogen (secondary N) is 3. The van der Waals surface area contributed by atoms with E-state index in [-0.39, 0.29) is 18.4 Å². The summed E-state index contributed by atoms with van der Waals surface area (Å²) in [6.45, 7) is 3.37. The predicted octanol–water partition coefficient (Wildman–Crippen LogP) is 0.449. The number of aryl methyl sites for hydroxylation is 1. The Morgan fingerprint density at radius 3 is 2.73 bits per heavy atom. The minimum atomic E-state index is -0.886. The Bertz CT molecular complexity index is 696. The summed E-state index contributed by atoms with van der Waals surface area (Å²) in [6.07, 6.45) is 6.21. The van der Waals surface area contributed by atoms with Gasteiger partial charge in [0.05, 0.1) is 11.9 Å². The number of carbonyl (C=O) groups is 3. The minimum Gasteiger partial charge on any atom is -0.323 e. The molecule has 0 aliphatic carbocycles. The summed E-state index contributed by atoms with van der Waals surface area (Å²) >= 11 is 0. The van der Waals surface area contributed by atoms with Gasteiger partial charge in [-0.3, -0.25) is 19.2 Å². The number of carbonyl (C=O) groups excluding carboxylic acids is 3. The normalized spacial score (nSPS) is 24.0. The molecule has 0 bridgehead atoms. The Hall–Kier alpha value is -2.42. The Morgan fingerprint density at radius 1 is 1.38 bits per heavy atom. The van der Waals surface area contributed by atoms with E-state index in [1.807, 2.05) is 6.92 Å². The van der Waals surface area contributed by atoms with E-state index in [4.69, 9.17) is 0 Å². The van der Waals surface area contributed by atoms with Gasteiger partial charge in [-0.05, 0) is 38.3 Å². The first-order chi connectivity index (χ1) is 12.5. The molecular weight excluding hydrogens is 336 g/mol. The van der Waals surface area contributed by atoms with E-state index in [0.717, 1.165) is 37.3 Å². The van der Waals surface area contributed by atoms with Gasteiger partial charge in [-0.25, -0.2) is 4.79 Å². The molecule has 142 valence electrons. The maximum Gasteiger partial charge on any atom is 0.325 e. The Morgan fingerprint density at radius 2 is 2.12 bits per heavy atom. The van der Waals surface area contributed by atoms with Crippen LogP contribution in [0.5, 0.6) is 0 Å². The number of nitrogens with zero attached hydrogens (tertiary/aromatic N) is 3. The smallest absolute Gasteiger partial charge is 0.323 e. The number of imide groups is 1. The highest BCUT2D eigenvalue weighted by Crippen LogP contribution is 2.35. The van der Waals surface area contributed by atoms with Crippen molar-refractivity contribution in [2.75, 3.05) is 25.0 Å². The van der Waals surface area contributed by atoms with Crippen LogP contribution in [0.25, 0.3) is 0 Å². The van der Waals surface area contributed by atoms with E-state index in [0.29, 0.717) is 12.1 Å². The molecule has 1 atom stereocenters. The molecule has 1 aromatic rings.